The standard InChI is InChI=1S/C16H21NO/c1-10(2)14-9-8-13-7-6-12(5)16(18)15(13)17(14)11(3)4/h6-11H,1-5H3/p+1. The van der Waals surface area contributed by atoms with E-state index in [2.05, 4.69) is 50.5 Å². The van der Waals surface area contributed by atoms with Gasteiger partial charge in [-0.25, -0.2) is 0 Å². The molecule has 0 atom stereocenters. The fourth-order valence-electron chi connectivity index (χ4n) is 2.50. The second-order valence-electron chi connectivity index (χ2n) is 5.55. The molecule has 0 amide bonds. The van der Waals surface area contributed by atoms with Crippen LogP contribution in [0.1, 0.15) is 50.9 Å². The summed E-state index contributed by atoms with van der Waals surface area (Å²) < 4.78 is 2.25. The normalized spacial score (nSPS) is 11.7. The predicted molar refractivity (Wildman–Crippen MR) is 75.0 cm³/mol. The van der Waals surface area contributed by atoms with Gasteiger partial charge in [0.25, 0.3) is 5.52 Å². The summed E-state index contributed by atoms with van der Waals surface area (Å²) in [6.07, 6.45) is 0. The Morgan fingerprint density at radius 3 is 2.17 bits per heavy atom. The third-order valence-electron chi connectivity index (χ3n) is 3.44. The number of benzene rings is 1. The van der Waals surface area contributed by atoms with Crippen LogP contribution in [0, 0.1) is 6.92 Å². The minimum atomic E-state index is 0.332. The fourth-order valence-corrected chi connectivity index (χ4v) is 2.50. The molecule has 0 unspecified atom stereocenters. The Morgan fingerprint density at radius 2 is 1.61 bits per heavy atom. The van der Waals surface area contributed by atoms with Crippen molar-refractivity contribution >= 4 is 10.9 Å². The van der Waals surface area contributed by atoms with Crippen LogP contribution in [0.15, 0.2) is 24.3 Å². The maximum Gasteiger partial charge on any atom is 0.255 e. The number of aromatic hydroxyl groups is 1. The maximum absolute atomic E-state index is 10.4. The third kappa shape index (κ3) is 1.96. The van der Waals surface area contributed by atoms with Gasteiger partial charge in [-0.05, 0) is 38.5 Å². The lowest BCUT2D eigenvalue weighted by atomic mass is 10.0. The zero-order valence-corrected chi connectivity index (χ0v) is 11.9. The minimum absolute atomic E-state index is 0.332. The third-order valence-corrected chi connectivity index (χ3v) is 3.44. The second-order valence-corrected chi connectivity index (χ2v) is 5.55. The summed E-state index contributed by atoms with van der Waals surface area (Å²) in [5.41, 5.74) is 3.15. The summed E-state index contributed by atoms with van der Waals surface area (Å²) in [5.74, 6) is 0.848. The molecule has 1 heterocycles. The fraction of sp³-hybridized carbons (Fsp3) is 0.438. The van der Waals surface area contributed by atoms with Gasteiger partial charge in [-0.1, -0.05) is 19.9 Å². The molecule has 0 aliphatic carbocycles. The number of hydrogen-bond acceptors (Lipinski definition) is 1. The van der Waals surface area contributed by atoms with Crippen molar-refractivity contribution in [2.24, 2.45) is 0 Å². The summed E-state index contributed by atoms with van der Waals surface area (Å²) in [7, 11) is 0. The predicted octanol–water partition coefficient (Wildman–Crippen LogP) is 3.85. The van der Waals surface area contributed by atoms with Gasteiger partial charge < -0.3 is 5.11 Å². The van der Waals surface area contributed by atoms with E-state index >= 15 is 0 Å². The van der Waals surface area contributed by atoms with E-state index in [1.165, 1.54) is 5.69 Å². The van der Waals surface area contributed by atoms with E-state index < -0.39 is 0 Å². The molecule has 0 aliphatic heterocycles. The molecule has 0 fully saturated rings. The Kier molecular flexibility index (Phi) is 3.29. The van der Waals surface area contributed by atoms with Crippen LogP contribution in [0.2, 0.25) is 0 Å². The van der Waals surface area contributed by atoms with E-state index in [0.717, 1.165) is 16.5 Å². The molecule has 0 saturated carbocycles. The molecule has 1 aromatic carbocycles. The number of hydrogen-bond donors (Lipinski definition) is 1. The summed E-state index contributed by atoms with van der Waals surface area (Å²) in [6, 6.07) is 8.65. The molecule has 1 N–H and O–H groups in total. The molecular weight excluding hydrogens is 222 g/mol. The second kappa shape index (κ2) is 4.60. The van der Waals surface area contributed by atoms with Crippen molar-refractivity contribution in [1.82, 2.24) is 0 Å². The van der Waals surface area contributed by atoms with Gasteiger partial charge in [0.1, 0.15) is 0 Å². The summed E-state index contributed by atoms with van der Waals surface area (Å²) in [6.45, 7) is 10.6. The first-order chi connectivity index (χ1) is 8.43. The first kappa shape index (κ1) is 12.9. The summed E-state index contributed by atoms with van der Waals surface area (Å²) in [5, 5.41) is 11.5. The van der Waals surface area contributed by atoms with Crippen molar-refractivity contribution in [3.05, 3.63) is 35.5 Å². The summed E-state index contributed by atoms with van der Waals surface area (Å²) >= 11 is 0. The number of pyridine rings is 1. The molecule has 0 saturated heterocycles. The summed E-state index contributed by atoms with van der Waals surface area (Å²) in [4.78, 5) is 0. The first-order valence-electron chi connectivity index (χ1n) is 6.60. The van der Waals surface area contributed by atoms with Crippen LogP contribution in [-0.4, -0.2) is 5.11 Å². The molecule has 0 spiro atoms. The van der Waals surface area contributed by atoms with Gasteiger partial charge >= 0.3 is 0 Å². The number of phenolic OH excluding ortho intramolecular Hbond substituents is 1. The van der Waals surface area contributed by atoms with Crippen LogP contribution in [0.5, 0.6) is 5.75 Å². The Bertz CT molecular complexity index is 585. The van der Waals surface area contributed by atoms with Crippen molar-refractivity contribution in [3.8, 4) is 5.75 Å². The lowest BCUT2D eigenvalue weighted by Crippen LogP contribution is -2.42. The van der Waals surface area contributed by atoms with Gasteiger partial charge in [-0.2, -0.15) is 4.57 Å². The first-order valence-corrected chi connectivity index (χ1v) is 6.60. The van der Waals surface area contributed by atoms with Crippen LogP contribution < -0.4 is 4.57 Å². The lowest BCUT2D eigenvalue weighted by molar-refractivity contribution is -0.699. The van der Waals surface area contributed by atoms with E-state index in [-0.39, 0.29) is 0 Å². The molecule has 2 aromatic rings. The molecule has 2 rings (SSSR count). The highest BCUT2D eigenvalue weighted by Crippen LogP contribution is 2.28. The van der Waals surface area contributed by atoms with E-state index in [1.807, 2.05) is 13.0 Å². The Hall–Kier alpha value is -1.57. The van der Waals surface area contributed by atoms with Crippen LogP contribution in [0.4, 0.5) is 0 Å². The van der Waals surface area contributed by atoms with Crippen LogP contribution in [0.3, 0.4) is 0 Å². The Morgan fingerprint density at radius 1 is 1.00 bits per heavy atom. The van der Waals surface area contributed by atoms with E-state index in [0.29, 0.717) is 17.7 Å². The molecule has 0 aliphatic rings. The molecule has 0 radical (unpaired) electrons. The average molecular weight is 244 g/mol. The number of aryl methyl sites for hydroxylation is 1. The largest absolute Gasteiger partial charge is 0.502 e. The molecule has 96 valence electrons. The minimum Gasteiger partial charge on any atom is -0.502 e. The molecule has 1 aromatic heterocycles. The van der Waals surface area contributed by atoms with Crippen molar-refractivity contribution in [2.45, 2.75) is 46.6 Å². The Balaban J connectivity index is 2.92. The smallest absolute Gasteiger partial charge is 0.255 e. The van der Waals surface area contributed by atoms with Gasteiger partial charge in [0.05, 0.1) is 5.39 Å². The topological polar surface area (TPSA) is 24.1 Å². The van der Waals surface area contributed by atoms with E-state index in [9.17, 15) is 5.11 Å². The van der Waals surface area contributed by atoms with Crippen molar-refractivity contribution in [3.63, 3.8) is 0 Å². The SMILES string of the molecule is Cc1ccc2ccc(C(C)C)[n+](C(C)C)c2c1O. The van der Waals surface area contributed by atoms with E-state index in [4.69, 9.17) is 0 Å². The maximum atomic E-state index is 10.4. The van der Waals surface area contributed by atoms with E-state index in [1.54, 1.807) is 0 Å². The van der Waals surface area contributed by atoms with Crippen molar-refractivity contribution in [1.29, 1.82) is 0 Å². The van der Waals surface area contributed by atoms with Gasteiger partial charge in [0, 0.05) is 12.0 Å². The molecule has 2 nitrogen and oxygen atoms in total. The van der Waals surface area contributed by atoms with Crippen molar-refractivity contribution in [2.75, 3.05) is 0 Å². The lowest BCUT2D eigenvalue weighted by Gasteiger charge is -2.13. The van der Waals surface area contributed by atoms with Gasteiger partial charge in [0.2, 0.25) is 0 Å². The molecule has 0 bridgehead atoms. The number of phenols is 1. The van der Waals surface area contributed by atoms with Gasteiger partial charge in [-0.3, -0.25) is 0 Å². The van der Waals surface area contributed by atoms with Crippen molar-refractivity contribution < 1.29 is 9.67 Å². The van der Waals surface area contributed by atoms with Crippen LogP contribution in [-0.2, 0) is 0 Å². The zero-order valence-electron chi connectivity index (χ0n) is 11.9. The van der Waals surface area contributed by atoms with Gasteiger partial charge in [-0.15, -0.1) is 0 Å². The molecule has 2 heteroatoms. The highest BCUT2D eigenvalue weighted by molar-refractivity contribution is 5.82. The quantitative estimate of drug-likeness (QED) is 0.797. The van der Waals surface area contributed by atoms with Gasteiger partial charge in [0.15, 0.2) is 17.5 Å². The molecular formula is C16H22NO+. The Labute approximate surface area is 109 Å². The van der Waals surface area contributed by atoms with Crippen LogP contribution >= 0.6 is 0 Å². The zero-order chi connectivity index (χ0) is 13.4. The number of nitrogens with zero attached hydrogens (tertiary/aromatic N) is 1. The number of aromatic nitrogens is 1. The average Bonchev–Trinajstić information content (AvgIpc) is 2.32. The van der Waals surface area contributed by atoms with Crippen LogP contribution in [0.25, 0.3) is 10.9 Å². The highest BCUT2D eigenvalue weighted by atomic mass is 16.3. The number of rotatable bonds is 2. The monoisotopic (exact) mass is 244 g/mol. The highest BCUT2D eigenvalue weighted by Gasteiger charge is 2.24. The molecule has 18 heavy (non-hydrogen) atoms. The number of fused-ring (bicyclic) bond motifs is 1.